The van der Waals surface area contributed by atoms with Crippen LogP contribution in [0.25, 0.3) is 6.08 Å². The van der Waals surface area contributed by atoms with E-state index in [0.29, 0.717) is 11.1 Å². The summed E-state index contributed by atoms with van der Waals surface area (Å²) in [4.78, 5) is 0. The predicted molar refractivity (Wildman–Crippen MR) is 210 cm³/mol. The van der Waals surface area contributed by atoms with Crippen LogP contribution in [0.3, 0.4) is 0 Å². The van der Waals surface area contributed by atoms with Gasteiger partial charge in [-0.3, -0.25) is 0 Å². The zero-order valence-corrected chi connectivity index (χ0v) is 35.4. The molecule has 2 bridgehead atoms. The highest BCUT2D eigenvalue weighted by Gasteiger charge is 2.52. The fraction of sp³-hybridized carbons (Fsp3) is 0.436. The van der Waals surface area contributed by atoms with Gasteiger partial charge in [0.05, 0.1) is 52.6 Å². The van der Waals surface area contributed by atoms with E-state index >= 15 is 0 Å². The maximum absolute atomic E-state index is 9.65. The fourth-order valence-electron chi connectivity index (χ4n) is 6.44. The maximum atomic E-state index is 9.65. The highest BCUT2D eigenvalue weighted by atomic mass is 28.4. The van der Waals surface area contributed by atoms with Gasteiger partial charge in [0, 0.05) is 17.8 Å². The summed E-state index contributed by atoms with van der Waals surface area (Å²) in [5, 5.41) is 18.9. The molecule has 10 heteroatoms. The van der Waals surface area contributed by atoms with Gasteiger partial charge in [0.2, 0.25) is 25.0 Å². The van der Waals surface area contributed by atoms with Gasteiger partial charge < -0.3 is 17.7 Å². The van der Waals surface area contributed by atoms with Gasteiger partial charge in [-0.2, -0.15) is 10.5 Å². The number of rotatable bonds is 12. The smallest absolute Gasteiger partial charge is 0.242 e. The fourth-order valence-corrected chi connectivity index (χ4v) is 10.1. The van der Waals surface area contributed by atoms with Crippen LogP contribution in [-0.2, 0) is 17.7 Å². The normalized spacial score (nSPS) is 23.2. The van der Waals surface area contributed by atoms with Crippen molar-refractivity contribution in [3.8, 4) is 12.1 Å². The molecule has 0 aromatic heterocycles. The quantitative estimate of drug-likeness (QED) is 0.123. The number of hydrogen-bond acceptors (Lipinski definition) is 6. The third kappa shape index (κ3) is 11.0. The van der Waals surface area contributed by atoms with Gasteiger partial charge in [0.15, 0.2) is 8.32 Å². The first-order chi connectivity index (χ1) is 22.6. The minimum absolute atomic E-state index is 0.0151. The van der Waals surface area contributed by atoms with Crippen LogP contribution in [0, 0.1) is 40.4 Å². The van der Waals surface area contributed by atoms with Gasteiger partial charge >= 0.3 is 0 Å². The lowest BCUT2D eigenvalue weighted by molar-refractivity contribution is 0.0782. The van der Waals surface area contributed by atoms with E-state index < -0.39 is 33.3 Å². The Balaban J connectivity index is 1.99. The maximum Gasteiger partial charge on any atom is 0.242 e. The highest BCUT2D eigenvalue weighted by molar-refractivity contribution is 6.71. The molecule has 2 aliphatic rings. The summed E-state index contributed by atoms with van der Waals surface area (Å²) in [6.45, 7) is 26.7. The first-order valence-corrected chi connectivity index (χ1v) is 30.9. The van der Waals surface area contributed by atoms with Crippen LogP contribution in [0.5, 0.6) is 0 Å². The molecule has 0 amide bonds. The lowest BCUT2D eigenvalue weighted by Crippen LogP contribution is -2.49. The van der Waals surface area contributed by atoms with Crippen LogP contribution in [0.1, 0.15) is 28.2 Å². The molecule has 0 radical (unpaired) electrons. The van der Waals surface area contributed by atoms with Crippen molar-refractivity contribution in [2.75, 3.05) is 0 Å². The molecule has 4 rings (SSSR count). The summed E-state index contributed by atoms with van der Waals surface area (Å²) in [5.41, 5.74) is 3.41. The van der Waals surface area contributed by atoms with E-state index in [1.807, 2.05) is 42.5 Å². The topological polar surface area (TPSA) is 84.5 Å². The van der Waals surface area contributed by atoms with Gasteiger partial charge in [0.1, 0.15) is 0 Å². The summed E-state index contributed by atoms with van der Waals surface area (Å²) in [7, 11) is -8.11. The van der Waals surface area contributed by atoms with E-state index in [1.54, 1.807) is 0 Å². The zero-order chi connectivity index (χ0) is 36.4. The molecule has 2 aromatic carbocycles. The van der Waals surface area contributed by atoms with Crippen molar-refractivity contribution in [2.24, 2.45) is 17.8 Å². The summed E-state index contributed by atoms with van der Waals surface area (Å²) >= 11 is 0. The van der Waals surface area contributed by atoms with Crippen molar-refractivity contribution < 1.29 is 17.7 Å². The van der Waals surface area contributed by atoms with Crippen molar-refractivity contribution in [3.63, 3.8) is 0 Å². The molecular formula is C39H54N2O4Si4. The molecule has 0 saturated heterocycles. The molecule has 6 nitrogen and oxygen atoms in total. The average molecular weight is 727 g/mol. The predicted octanol–water partition coefficient (Wildman–Crippen LogP) is 10.5. The van der Waals surface area contributed by atoms with Crippen molar-refractivity contribution in [1.82, 2.24) is 0 Å². The van der Waals surface area contributed by atoms with Crippen LogP contribution in [0.15, 0.2) is 90.1 Å². The molecule has 2 aliphatic carbocycles. The molecule has 5 atom stereocenters. The van der Waals surface area contributed by atoms with Gasteiger partial charge in [-0.05, 0) is 138 Å². The van der Waals surface area contributed by atoms with Crippen LogP contribution in [0.4, 0.5) is 0 Å². The summed E-state index contributed by atoms with van der Waals surface area (Å²) in [6, 6.07) is 20.1. The second kappa shape index (κ2) is 14.8. The van der Waals surface area contributed by atoms with Crippen molar-refractivity contribution >= 4 is 39.3 Å². The Morgan fingerprint density at radius 1 is 0.612 bits per heavy atom. The minimum atomic E-state index is -2.05. The van der Waals surface area contributed by atoms with E-state index in [9.17, 15) is 10.5 Å². The Kier molecular flexibility index (Phi) is 11.6. The largest absolute Gasteiger partial charge is 0.547 e. The Labute approximate surface area is 299 Å². The number of nitriles is 2. The second-order valence-electron chi connectivity index (χ2n) is 17.0. The lowest BCUT2D eigenvalue weighted by atomic mass is 9.61. The molecule has 2 aromatic rings. The first-order valence-electron chi connectivity index (χ1n) is 17.2. The van der Waals surface area contributed by atoms with Crippen LogP contribution in [-0.4, -0.2) is 39.4 Å². The number of benzene rings is 2. The van der Waals surface area contributed by atoms with Gasteiger partial charge in [-0.1, -0.05) is 30.3 Å². The average Bonchev–Trinajstić information content (AvgIpc) is 2.96. The Morgan fingerprint density at radius 2 is 1.12 bits per heavy atom. The van der Waals surface area contributed by atoms with Crippen molar-refractivity contribution in [3.05, 3.63) is 112 Å². The van der Waals surface area contributed by atoms with E-state index in [1.165, 1.54) is 0 Å². The standard InChI is InChI=1S/C39H54N2O4Si4/c1-46(2,3)42-33(22-19-28-13-15-29(26-40)16-14-28)23-32-24-34(43-47(4,5)6)39-36(45-49(10,11)12)25-35(44-48(7,8)9)37(32)38(39)31-20-17-30(27-41)18-21-31/h13-25,32,36-39H,1-12H3/b22-19-,33-23+. The number of allylic oxidation sites excluding steroid dienone is 4. The molecule has 0 heterocycles. The third-order valence-corrected chi connectivity index (χ3v) is 11.4. The highest BCUT2D eigenvalue weighted by Crippen LogP contribution is 2.55. The van der Waals surface area contributed by atoms with E-state index in [4.69, 9.17) is 17.7 Å². The Bertz CT molecular complexity index is 1690. The zero-order valence-electron chi connectivity index (χ0n) is 31.4. The number of nitrogens with zero attached hydrogens (tertiary/aromatic N) is 2. The van der Waals surface area contributed by atoms with Crippen LogP contribution < -0.4 is 0 Å². The summed E-state index contributed by atoms with van der Waals surface area (Å²) in [5.74, 6) is 2.55. The van der Waals surface area contributed by atoms with Gasteiger partial charge in [-0.25, -0.2) is 0 Å². The van der Waals surface area contributed by atoms with Gasteiger partial charge in [-0.15, -0.1) is 0 Å². The SMILES string of the molecule is C[Si](C)(C)OC1=CC(O[Si](C)(C)C)C2C(O[Si](C)(C)C)=CC(/C=C(\C=C/c3ccc(C#N)cc3)O[Si](C)(C)C)C1C2c1ccc(C#N)cc1. The first kappa shape index (κ1) is 38.4. The molecule has 260 valence electrons. The third-order valence-electron chi connectivity index (χ3n) is 7.91. The second-order valence-corrected chi connectivity index (χ2v) is 34.7. The van der Waals surface area contributed by atoms with Crippen LogP contribution in [0.2, 0.25) is 78.6 Å². The van der Waals surface area contributed by atoms with E-state index in [2.05, 4.69) is 127 Å². The molecule has 49 heavy (non-hydrogen) atoms. The molecule has 0 saturated carbocycles. The molecule has 0 aliphatic heterocycles. The molecular weight excluding hydrogens is 673 g/mol. The summed E-state index contributed by atoms with van der Waals surface area (Å²) < 4.78 is 27.8. The monoisotopic (exact) mass is 726 g/mol. The van der Waals surface area contributed by atoms with Crippen molar-refractivity contribution in [1.29, 1.82) is 10.5 Å². The molecule has 5 unspecified atom stereocenters. The molecule has 0 fully saturated rings. The van der Waals surface area contributed by atoms with Crippen LogP contribution >= 0.6 is 0 Å². The Hall–Kier alpha value is -3.39. The summed E-state index contributed by atoms with van der Waals surface area (Å²) in [6.07, 6.45) is 10.7. The lowest BCUT2D eigenvalue weighted by Gasteiger charge is -2.51. The number of hydrogen-bond donors (Lipinski definition) is 0. The number of fused-ring (bicyclic) bond motifs is 2. The van der Waals surface area contributed by atoms with E-state index in [-0.39, 0.29) is 29.8 Å². The Morgan fingerprint density at radius 3 is 1.59 bits per heavy atom. The molecule has 0 spiro atoms. The van der Waals surface area contributed by atoms with E-state index in [0.717, 1.165) is 28.4 Å². The minimum Gasteiger partial charge on any atom is -0.547 e. The van der Waals surface area contributed by atoms with Crippen molar-refractivity contribution in [2.45, 2.75) is 90.6 Å². The molecule has 0 N–H and O–H groups in total. The van der Waals surface area contributed by atoms with Gasteiger partial charge in [0.25, 0.3) is 0 Å².